The van der Waals surface area contributed by atoms with Gasteiger partial charge in [-0.1, -0.05) is 29.8 Å². The third kappa shape index (κ3) is 2.01. The van der Waals surface area contributed by atoms with Gasteiger partial charge in [0.25, 0.3) is 0 Å². The molecule has 1 aromatic carbocycles. The Hall–Kier alpha value is -1.43. The minimum atomic E-state index is -0.869. The molecule has 94 valence electrons. The van der Waals surface area contributed by atoms with E-state index in [1.807, 2.05) is 24.3 Å². The normalized spacial score (nSPS) is 18.1. The molecule has 0 amide bonds. The molecule has 2 aromatic rings. The van der Waals surface area contributed by atoms with Gasteiger partial charge >= 0.3 is 0 Å². The van der Waals surface area contributed by atoms with Crippen LogP contribution in [-0.4, -0.2) is 28.0 Å². The quantitative estimate of drug-likeness (QED) is 0.850. The number of benzene rings is 1. The Morgan fingerprint density at radius 2 is 2.06 bits per heavy atom. The van der Waals surface area contributed by atoms with Gasteiger partial charge in [-0.2, -0.15) is 5.10 Å². The second-order valence-corrected chi connectivity index (χ2v) is 4.43. The Morgan fingerprint density at radius 3 is 2.72 bits per heavy atom. The lowest BCUT2D eigenvalue weighted by Crippen LogP contribution is -2.33. The first kappa shape index (κ1) is 11.6. The molecule has 0 saturated carbocycles. The molecule has 0 bridgehead atoms. The Balaban J connectivity index is 1.99. The summed E-state index contributed by atoms with van der Waals surface area (Å²) in [7, 11) is 0. The first-order chi connectivity index (χ1) is 8.80. The van der Waals surface area contributed by atoms with Crippen molar-refractivity contribution in [3.8, 4) is 0 Å². The van der Waals surface area contributed by atoms with Crippen molar-refractivity contribution in [3.05, 3.63) is 47.5 Å². The van der Waals surface area contributed by atoms with Crippen molar-refractivity contribution in [2.45, 2.75) is 12.3 Å². The average molecular weight is 266 g/mol. The number of hydrogen-bond donors (Lipinski definition) is 0. The summed E-state index contributed by atoms with van der Waals surface area (Å²) >= 11 is 6.23. The van der Waals surface area contributed by atoms with Crippen LogP contribution in [0.4, 0.5) is 0 Å². The molecule has 0 radical (unpaired) electrons. The second kappa shape index (κ2) is 4.68. The van der Waals surface area contributed by atoms with Gasteiger partial charge in [-0.15, -0.1) is 0 Å². The van der Waals surface area contributed by atoms with Crippen molar-refractivity contribution >= 4 is 11.6 Å². The van der Waals surface area contributed by atoms with E-state index in [1.54, 1.807) is 11.0 Å². The van der Waals surface area contributed by atoms with E-state index < -0.39 is 5.79 Å². The summed E-state index contributed by atoms with van der Waals surface area (Å²) in [6.45, 7) is 1.51. The van der Waals surface area contributed by atoms with Crippen molar-refractivity contribution in [1.82, 2.24) is 14.8 Å². The molecule has 0 aliphatic carbocycles. The summed E-state index contributed by atoms with van der Waals surface area (Å²) < 4.78 is 13.2. The molecule has 3 rings (SSSR count). The summed E-state index contributed by atoms with van der Waals surface area (Å²) in [5.74, 6) is -0.869. The maximum absolute atomic E-state index is 6.23. The second-order valence-electron chi connectivity index (χ2n) is 4.02. The topological polar surface area (TPSA) is 49.2 Å². The Labute approximate surface area is 109 Å². The summed E-state index contributed by atoms with van der Waals surface area (Å²) in [5.41, 5.74) is 0.819. The maximum Gasteiger partial charge on any atom is 0.216 e. The monoisotopic (exact) mass is 265 g/mol. The molecular formula is C12H12ClN3O2. The first-order valence-corrected chi connectivity index (χ1v) is 6.03. The fraction of sp³-hybridized carbons (Fsp3) is 0.333. The van der Waals surface area contributed by atoms with Gasteiger partial charge in [0.2, 0.25) is 5.79 Å². The van der Waals surface area contributed by atoms with Gasteiger partial charge < -0.3 is 9.47 Å². The maximum atomic E-state index is 6.23. The van der Waals surface area contributed by atoms with E-state index in [0.29, 0.717) is 24.8 Å². The van der Waals surface area contributed by atoms with Crippen LogP contribution in [0.2, 0.25) is 5.02 Å². The smallest absolute Gasteiger partial charge is 0.216 e. The molecule has 0 unspecified atom stereocenters. The van der Waals surface area contributed by atoms with E-state index >= 15 is 0 Å². The fourth-order valence-electron chi connectivity index (χ4n) is 2.08. The van der Waals surface area contributed by atoms with Crippen LogP contribution in [0.5, 0.6) is 0 Å². The molecule has 0 atom stereocenters. The largest absolute Gasteiger partial charge is 0.342 e. The number of nitrogens with zero attached hydrogens (tertiary/aromatic N) is 3. The van der Waals surface area contributed by atoms with E-state index in [4.69, 9.17) is 21.1 Å². The molecule has 0 spiro atoms. The summed E-state index contributed by atoms with van der Waals surface area (Å²) in [5, 5.41) is 4.71. The van der Waals surface area contributed by atoms with Crippen molar-refractivity contribution in [3.63, 3.8) is 0 Å². The van der Waals surface area contributed by atoms with Gasteiger partial charge in [0.15, 0.2) is 0 Å². The Bertz CT molecular complexity index is 524. The Morgan fingerprint density at radius 1 is 1.28 bits per heavy atom. The van der Waals surface area contributed by atoms with Crippen LogP contribution in [0.15, 0.2) is 36.9 Å². The fourth-order valence-corrected chi connectivity index (χ4v) is 2.36. The minimum absolute atomic E-state index is 0.427. The van der Waals surface area contributed by atoms with Crippen LogP contribution >= 0.6 is 11.6 Å². The van der Waals surface area contributed by atoms with Crippen LogP contribution in [-0.2, 0) is 21.8 Å². The van der Waals surface area contributed by atoms with Crippen molar-refractivity contribution in [1.29, 1.82) is 0 Å². The van der Waals surface area contributed by atoms with Crippen molar-refractivity contribution in [2.24, 2.45) is 0 Å². The Kier molecular flexibility index (Phi) is 3.03. The van der Waals surface area contributed by atoms with Gasteiger partial charge in [-0.05, 0) is 6.07 Å². The lowest BCUT2D eigenvalue weighted by atomic mass is 10.1. The van der Waals surface area contributed by atoms with Crippen LogP contribution < -0.4 is 0 Å². The zero-order chi connectivity index (χ0) is 12.4. The molecule has 18 heavy (non-hydrogen) atoms. The molecular weight excluding hydrogens is 254 g/mol. The van der Waals surface area contributed by atoms with Gasteiger partial charge in [0, 0.05) is 10.6 Å². The molecule has 1 fully saturated rings. The lowest BCUT2D eigenvalue weighted by Gasteiger charge is -2.28. The summed E-state index contributed by atoms with van der Waals surface area (Å²) in [4.78, 5) is 3.92. The third-order valence-electron chi connectivity index (χ3n) is 2.87. The predicted octanol–water partition coefficient (Wildman–Crippen LogP) is 1.83. The number of rotatable bonds is 3. The molecule has 2 heterocycles. The molecule has 1 aliphatic heterocycles. The highest BCUT2D eigenvalue weighted by molar-refractivity contribution is 6.31. The van der Waals surface area contributed by atoms with Crippen molar-refractivity contribution in [2.75, 3.05) is 13.2 Å². The van der Waals surface area contributed by atoms with Gasteiger partial charge in [0.05, 0.1) is 13.2 Å². The van der Waals surface area contributed by atoms with Crippen LogP contribution in [0.25, 0.3) is 0 Å². The zero-order valence-electron chi connectivity index (χ0n) is 9.62. The molecule has 6 heteroatoms. The van der Waals surface area contributed by atoms with Crippen LogP contribution in [0, 0.1) is 0 Å². The predicted molar refractivity (Wildman–Crippen MR) is 65.1 cm³/mol. The van der Waals surface area contributed by atoms with Crippen LogP contribution in [0.3, 0.4) is 0 Å². The third-order valence-corrected chi connectivity index (χ3v) is 3.20. The highest BCUT2D eigenvalue weighted by Gasteiger charge is 2.40. The lowest BCUT2D eigenvalue weighted by molar-refractivity contribution is -0.177. The molecule has 1 aliphatic rings. The van der Waals surface area contributed by atoms with Gasteiger partial charge in [-0.3, -0.25) is 0 Å². The number of hydrogen-bond acceptors (Lipinski definition) is 4. The summed E-state index contributed by atoms with van der Waals surface area (Å²) in [6, 6.07) is 7.52. The SMILES string of the molecule is Clc1ccccc1C1(Cn2cncn2)OCCO1. The molecule has 1 aromatic heterocycles. The highest BCUT2D eigenvalue weighted by atomic mass is 35.5. The van der Waals surface area contributed by atoms with E-state index in [2.05, 4.69) is 10.1 Å². The average Bonchev–Trinajstić information content (AvgIpc) is 3.02. The zero-order valence-corrected chi connectivity index (χ0v) is 10.4. The number of halogens is 1. The van der Waals surface area contributed by atoms with Crippen LogP contribution in [0.1, 0.15) is 5.56 Å². The standard InChI is InChI=1S/C12H12ClN3O2/c13-11-4-2-1-3-10(11)12(17-5-6-18-12)7-16-9-14-8-15-16/h1-4,8-9H,5-7H2. The van der Waals surface area contributed by atoms with Gasteiger partial charge in [-0.25, -0.2) is 9.67 Å². The molecule has 5 nitrogen and oxygen atoms in total. The molecule has 1 saturated heterocycles. The minimum Gasteiger partial charge on any atom is -0.342 e. The molecule has 0 N–H and O–H groups in total. The van der Waals surface area contributed by atoms with Crippen molar-refractivity contribution < 1.29 is 9.47 Å². The van der Waals surface area contributed by atoms with E-state index in [0.717, 1.165) is 5.56 Å². The number of ether oxygens (including phenoxy) is 2. The van der Waals surface area contributed by atoms with Gasteiger partial charge in [0.1, 0.15) is 19.2 Å². The first-order valence-electron chi connectivity index (χ1n) is 5.65. The van der Waals surface area contributed by atoms with E-state index in [1.165, 1.54) is 6.33 Å². The summed E-state index contributed by atoms with van der Waals surface area (Å²) in [6.07, 6.45) is 3.11. The van der Waals surface area contributed by atoms with E-state index in [9.17, 15) is 0 Å². The highest BCUT2D eigenvalue weighted by Crippen LogP contribution is 2.36. The number of aromatic nitrogens is 3. The van der Waals surface area contributed by atoms with E-state index in [-0.39, 0.29) is 0 Å².